The number of amides is 2. The molecular weight excluding hydrogens is 320 g/mol. The lowest BCUT2D eigenvalue weighted by Gasteiger charge is -2.24. The monoisotopic (exact) mass is 340 g/mol. The summed E-state index contributed by atoms with van der Waals surface area (Å²) in [7, 11) is 0. The van der Waals surface area contributed by atoms with Crippen molar-refractivity contribution in [1.29, 1.82) is 0 Å². The number of nitrogens with one attached hydrogen (secondary N) is 2. The van der Waals surface area contributed by atoms with E-state index in [1.807, 2.05) is 30.3 Å². The Morgan fingerprint density at radius 3 is 2.80 bits per heavy atom. The lowest BCUT2D eigenvalue weighted by molar-refractivity contribution is -0.118. The summed E-state index contributed by atoms with van der Waals surface area (Å²) in [5, 5.41) is 16.0. The number of benzene rings is 2. The summed E-state index contributed by atoms with van der Waals surface area (Å²) in [6.07, 6.45) is 0.382. The molecule has 0 saturated heterocycles. The number of carbonyl (C=O) groups is 2. The van der Waals surface area contributed by atoms with Crippen molar-refractivity contribution in [3.63, 3.8) is 0 Å². The molecule has 25 heavy (non-hydrogen) atoms. The maximum absolute atomic E-state index is 12.3. The van der Waals surface area contributed by atoms with Crippen LogP contribution >= 0.6 is 0 Å². The summed E-state index contributed by atoms with van der Waals surface area (Å²) in [4.78, 5) is 23.6. The molecule has 130 valence electrons. The van der Waals surface area contributed by atoms with Crippen LogP contribution in [-0.4, -0.2) is 30.1 Å². The van der Waals surface area contributed by atoms with Crippen LogP contribution in [0.25, 0.3) is 0 Å². The van der Waals surface area contributed by atoms with Crippen molar-refractivity contribution in [3.8, 4) is 5.75 Å². The molecular formula is C19H20N2O4. The molecule has 3 N–H and O–H groups in total. The van der Waals surface area contributed by atoms with Crippen LogP contribution in [0.1, 0.15) is 29.3 Å². The van der Waals surface area contributed by atoms with Gasteiger partial charge in [0, 0.05) is 12.1 Å². The van der Waals surface area contributed by atoms with E-state index in [0.29, 0.717) is 30.0 Å². The molecule has 1 aliphatic rings. The summed E-state index contributed by atoms with van der Waals surface area (Å²) >= 11 is 0. The molecule has 0 bridgehead atoms. The zero-order chi connectivity index (χ0) is 17.9. The van der Waals surface area contributed by atoms with Gasteiger partial charge in [0.1, 0.15) is 5.75 Å². The first-order valence-corrected chi connectivity index (χ1v) is 8.08. The number of rotatable bonds is 5. The molecule has 0 fully saturated rings. The Kier molecular flexibility index (Phi) is 4.72. The van der Waals surface area contributed by atoms with Crippen LogP contribution in [0.5, 0.6) is 5.75 Å². The molecule has 0 aliphatic carbocycles. The Labute approximate surface area is 145 Å². The van der Waals surface area contributed by atoms with E-state index in [4.69, 9.17) is 4.74 Å². The van der Waals surface area contributed by atoms with Crippen LogP contribution in [0.2, 0.25) is 0 Å². The quantitative estimate of drug-likeness (QED) is 0.777. The molecule has 0 spiro atoms. The highest BCUT2D eigenvalue weighted by Crippen LogP contribution is 2.28. The first-order chi connectivity index (χ1) is 12.0. The zero-order valence-electron chi connectivity index (χ0n) is 13.9. The highest BCUT2D eigenvalue weighted by atomic mass is 16.5. The molecule has 2 aromatic rings. The van der Waals surface area contributed by atoms with E-state index in [2.05, 4.69) is 10.6 Å². The maximum atomic E-state index is 12.3. The van der Waals surface area contributed by atoms with Gasteiger partial charge in [-0.15, -0.1) is 0 Å². The van der Waals surface area contributed by atoms with Crippen molar-refractivity contribution >= 4 is 17.5 Å². The molecule has 1 unspecified atom stereocenters. The maximum Gasteiger partial charge on any atom is 0.262 e. The van der Waals surface area contributed by atoms with Crippen molar-refractivity contribution in [2.45, 2.75) is 18.9 Å². The van der Waals surface area contributed by atoms with Gasteiger partial charge in [0.15, 0.2) is 6.61 Å². The third-order valence-corrected chi connectivity index (χ3v) is 4.17. The Hall–Kier alpha value is -2.86. The van der Waals surface area contributed by atoms with Gasteiger partial charge in [0.25, 0.3) is 11.8 Å². The fourth-order valence-corrected chi connectivity index (χ4v) is 2.69. The normalized spacial score (nSPS) is 15.4. The van der Waals surface area contributed by atoms with E-state index in [9.17, 15) is 14.7 Å². The molecule has 1 aliphatic heterocycles. The summed E-state index contributed by atoms with van der Waals surface area (Å²) < 4.78 is 5.27. The van der Waals surface area contributed by atoms with Gasteiger partial charge in [0.05, 0.1) is 11.3 Å². The summed E-state index contributed by atoms with van der Waals surface area (Å²) in [5.41, 5.74) is 0.689. The van der Waals surface area contributed by atoms with Crippen LogP contribution in [-0.2, 0) is 10.4 Å². The Morgan fingerprint density at radius 2 is 2.04 bits per heavy atom. The van der Waals surface area contributed by atoms with Gasteiger partial charge in [-0.1, -0.05) is 30.3 Å². The second-order valence-corrected chi connectivity index (χ2v) is 6.19. The van der Waals surface area contributed by atoms with Crippen molar-refractivity contribution < 1.29 is 19.4 Å². The Bertz CT molecular complexity index is 787. The minimum atomic E-state index is -1.02. The first kappa shape index (κ1) is 17.0. The largest absolute Gasteiger partial charge is 0.482 e. The minimum absolute atomic E-state index is 0.0207. The zero-order valence-corrected chi connectivity index (χ0v) is 13.9. The topological polar surface area (TPSA) is 87.7 Å². The Morgan fingerprint density at radius 1 is 1.28 bits per heavy atom. The van der Waals surface area contributed by atoms with Crippen LogP contribution in [0.15, 0.2) is 48.5 Å². The van der Waals surface area contributed by atoms with Gasteiger partial charge in [-0.3, -0.25) is 9.59 Å². The van der Waals surface area contributed by atoms with Crippen molar-refractivity contribution in [3.05, 3.63) is 59.7 Å². The van der Waals surface area contributed by atoms with Crippen molar-refractivity contribution in [1.82, 2.24) is 5.32 Å². The third kappa shape index (κ3) is 3.97. The van der Waals surface area contributed by atoms with Crippen LogP contribution in [0.3, 0.4) is 0 Å². The number of carbonyl (C=O) groups excluding carboxylic acids is 2. The predicted molar refractivity (Wildman–Crippen MR) is 93.5 cm³/mol. The van der Waals surface area contributed by atoms with Crippen LogP contribution in [0.4, 0.5) is 5.69 Å². The molecule has 2 amide bonds. The average Bonchev–Trinajstić information content (AvgIpc) is 2.61. The smallest absolute Gasteiger partial charge is 0.262 e. The van der Waals surface area contributed by atoms with Gasteiger partial charge in [-0.25, -0.2) is 0 Å². The fraction of sp³-hybridized carbons (Fsp3) is 0.263. The molecule has 0 radical (unpaired) electrons. The summed E-state index contributed by atoms with van der Waals surface area (Å²) in [5.74, 6) is 0.0265. The number of anilines is 1. The van der Waals surface area contributed by atoms with Crippen molar-refractivity contribution in [2.75, 3.05) is 18.5 Å². The minimum Gasteiger partial charge on any atom is -0.482 e. The van der Waals surface area contributed by atoms with Crippen LogP contribution < -0.4 is 15.4 Å². The van der Waals surface area contributed by atoms with Gasteiger partial charge < -0.3 is 20.5 Å². The summed E-state index contributed by atoms with van der Waals surface area (Å²) in [6.45, 7) is 2.02. The van der Waals surface area contributed by atoms with Gasteiger partial charge in [-0.05, 0) is 37.1 Å². The van der Waals surface area contributed by atoms with E-state index in [1.54, 1.807) is 25.1 Å². The highest BCUT2D eigenvalue weighted by molar-refractivity contribution is 5.99. The molecule has 6 nitrogen and oxygen atoms in total. The number of hydrogen-bond acceptors (Lipinski definition) is 4. The highest BCUT2D eigenvalue weighted by Gasteiger charge is 2.23. The molecule has 1 atom stereocenters. The number of fused-ring (bicyclic) bond motifs is 1. The Balaban J connectivity index is 1.60. The van der Waals surface area contributed by atoms with E-state index in [0.717, 1.165) is 5.56 Å². The molecule has 1 heterocycles. The van der Waals surface area contributed by atoms with E-state index < -0.39 is 5.60 Å². The molecule has 0 aromatic heterocycles. The second kappa shape index (κ2) is 6.94. The van der Waals surface area contributed by atoms with Crippen LogP contribution in [0, 0.1) is 0 Å². The predicted octanol–water partition coefficient (Wildman–Crippen LogP) is 2.05. The molecule has 3 rings (SSSR count). The SMILES string of the molecule is CC(O)(CCNC(=O)c1ccc2c(c1)NC(=O)CO2)c1ccccc1. The first-order valence-electron chi connectivity index (χ1n) is 8.08. The van der Waals surface area contributed by atoms with Crippen molar-refractivity contribution in [2.24, 2.45) is 0 Å². The second-order valence-electron chi connectivity index (χ2n) is 6.19. The average molecular weight is 340 g/mol. The molecule has 0 saturated carbocycles. The lowest BCUT2D eigenvalue weighted by atomic mass is 9.92. The third-order valence-electron chi connectivity index (χ3n) is 4.17. The van der Waals surface area contributed by atoms with Gasteiger partial charge >= 0.3 is 0 Å². The fourth-order valence-electron chi connectivity index (χ4n) is 2.69. The number of ether oxygens (including phenoxy) is 1. The molecule has 6 heteroatoms. The van der Waals surface area contributed by atoms with Gasteiger partial charge in [0.2, 0.25) is 0 Å². The molecule has 2 aromatic carbocycles. The number of hydrogen-bond donors (Lipinski definition) is 3. The van der Waals surface area contributed by atoms with Gasteiger partial charge in [-0.2, -0.15) is 0 Å². The lowest BCUT2D eigenvalue weighted by Crippen LogP contribution is -2.31. The van der Waals surface area contributed by atoms with E-state index in [-0.39, 0.29) is 18.4 Å². The van der Waals surface area contributed by atoms with E-state index in [1.165, 1.54) is 0 Å². The van der Waals surface area contributed by atoms with E-state index >= 15 is 0 Å². The summed E-state index contributed by atoms with van der Waals surface area (Å²) in [6, 6.07) is 14.2. The standard InChI is InChI=1S/C19H20N2O4/c1-19(24,14-5-3-2-4-6-14)9-10-20-18(23)13-7-8-16-15(11-13)21-17(22)12-25-16/h2-8,11,24H,9-10,12H2,1H3,(H,20,23)(H,21,22). The number of aliphatic hydroxyl groups is 1.